The first kappa shape index (κ1) is 15.7. The molecule has 8 nitrogen and oxygen atoms in total. The highest BCUT2D eigenvalue weighted by Crippen LogP contribution is 2.19. The lowest BCUT2D eigenvalue weighted by atomic mass is 9.89. The van der Waals surface area contributed by atoms with Gasteiger partial charge in [-0.05, 0) is 20.8 Å². The molecule has 0 fully saturated rings. The number of nitrogens with one attached hydrogen (secondary N) is 2. The molecular weight excluding hydrogens is 266 g/mol. The highest BCUT2D eigenvalue weighted by atomic mass is 16.5. The summed E-state index contributed by atoms with van der Waals surface area (Å²) in [6, 6.07) is 0.931. The number of hydrogen-bond acceptors (Lipinski definition) is 5. The van der Waals surface area contributed by atoms with E-state index in [-0.39, 0.29) is 13.0 Å². The van der Waals surface area contributed by atoms with Gasteiger partial charge in [-0.25, -0.2) is 4.79 Å². The van der Waals surface area contributed by atoms with Gasteiger partial charge in [0.15, 0.2) is 5.76 Å². The first-order valence-corrected chi connectivity index (χ1v) is 5.94. The summed E-state index contributed by atoms with van der Waals surface area (Å²) in [7, 11) is 0. The fourth-order valence-electron chi connectivity index (χ4n) is 1.36. The van der Waals surface area contributed by atoms with Crippen molar-refractivity contribution in [3.05, 3.63) is 17.5 Å². The molecule has 3 amide bonds. The van der Waals surface area contributed by atoms with Gasteiger partial charge >= 0.3 is 12.0 Å². The zero-order valence-electron chi connectivity index (χ0n) is 11.5. The standard InChI is InChI=1S/C12H17N3O5/c1-7-4-8(20-15-7)6-13-11(19)14-9(16)5-12(2,3)10(17)18/h4H,5-6H2,1-3H3,(H,17,18)(H2,13,14,16,19). The smallest absolute Gasteiger partial charge is 0.321 e. The number of carbonyl (C=O) groups is 3. The Morgan fingerprint density at radius 1 is 1.40 bits per heavy atom. The van der Waals surface area contributed by atoms with Gasteiger partial charge in [0, 0.05) is 12.5 Å². The third kappa shape index (κ3) is 4.71. The van der Waals surface area contributed by atoms with Crippen LogP contribution in [0.4, 0.5) is 4.79 Å². The third-order valence-electron chi connectivity index (χ3n) is 2.53. The number of urea groups is 1. The Hall–Kier alpha value is -2.38. The molecule has 8 heteroatoms. The number of rotatable bonds is 5. The molecule has 20 heavy (non-hydrogen) atoms. The van der Waals surface area contributed by atoms with E-state index in [9.17, 15) is 14.4 Å². The first-order valence-electron chi connectivity index (χ1n) is 5.94. The summed E-state index contributed by atoms with van der Waals surface area (Å²) in [6.45, 7) is 4.64. The van der Waals surface area contributed by atoms with Crippen molar-refractivity contribution in [3.63, 3.8) is 0 Å². The van der Waals surface area contributed by atoms with Crippen molar-refractivity contribution in [2.75, 3.05) is 0 Å². The number of carboxylic acids is 1. The topological polar surface area (TPSA) is 122 Å². The van der Waals surface area contributed by atoms with Gasteiger partial charge in [0.1, 0.15) is 0 Å². The molecule has 0 aliphatic carbocycles. The summed E-state index contributed by atoms with van der Waals surface area (Å²) in [6.07, 6.45) is -0.294. The number of amides is 3. The lowest BCUT2D eigenvalue weighted by Crippen LogP contribution is -2.41. The second kappa shape index (κ2) is 6.18. The quantitative estimate of drug-likeness (QED) is 0.735. The minimum atomic E-state index is -1.23. The van der Waals surface area contributed by atoms with Crippen LogP contribution in [0.25, 0.3) is 0 Å². The summed E-state index contributed by atoms with van der Waals surface area (Å²) in [4.78, 5) is 33.8. The molecule has 0 saturated carbocycles. The molecule has 0 spiro atoms. The van der Waals surface area contributed by atoms with Crippen molar-refractivity contribution in [2.45, 2.75) is 33.7 Å². The molecule has 0 aliphatic heterocycles. The number of carboxylic acid groups (broad SMARTS) is 1. The number of aryl methyl sites for hydroxylation is 1. The van der Waals surface area contributed by atoms with E-state index < -0.39 is 23.3 Å². The van der Waals surface area contributed by atoms with Gasteiger partial charge in [0.05, 0.1) is 17.7 Å². The fraction of sp³-hybridized carbons (Fsp3) is 0.500. The molecule has 0 aromatic carbocycles. The largest absolute Gasteiger partial charge is 0.481 e. The van der Waals surface area contributed by atoms with Gasteiger partial charge in [-0.3, -0.25) is 14.9 Å². The van der Waals surface area contributed by atoms with Gasteiger partial charge in [0.25, 0.3) is 0 Å². The molecule has 0 atom stereocenters. The monoisotopic (exact) mass is 283 g/mol. The van der Waals surface area contributed by atoms with Crippen molar-refractivity contribution < 1.29 is 24.0 Å². The van der Waals surface area contributed by atoms with Crippen molar-refractivity contribution in [1.29, 1.82) is 0 Å². The Kier molecular flexibility index (Phi) is 4.84. The van der Waals surface area contributed by atoms with Crippen LogP contribution in [-0.2, 0) is 16.1 Å². The van der Waals surface area contributed by atoms with Crippen LogP contribution in [0.1, 0.15) is 31.7 Å². The zero-order chi connectivity index (χ0) is 15.3. The van der Waals surface area contributed by atoms with Crippen molar-refractivity contribution in [3.8, 4) is 0 Å². The molecule has 3 N–H and O–H groups in total. The van der Waals surface area contributed by atoms with E-state index in [1.165, 1.54) is 13.8 Å². The number of imide groups is 1. The van der Waals surface area contributed by atoms with Crippen LogP contribution in [-0.4, -0.2) is 28.2 Å². The SMILES string of the molecule is Cc1cc(CNC(=O)NC(=O)CC(C)(C)C(=O)O)on1. The summed E-state index contributed by atoms with van der Waals surface area (Å²) in [5.41, 5.74) is -0.548. The summed E-state index contributed by atoms with van der Waals surface area (Å²) in [5.74, 6) is -1.31. The van der Waals surface area contributed by atoms with Crippen LogP contribution < -0.4 is 10.6 Å². The van der Waals surface area contributed by atoms with Crippen molar-refractivity contribution in [2.24, 2.45) is 5.41 Å². The Balaban J connectivity index is 2.39. The van der Waals surface area contributed by atoms with Crippen molar-refractivity contribution in [1.82, 2.24) is 15.8 Å². The van der Waals surface area contributed by atoms with Crippen LogP contribution in [0.2, 0.25) is 0 Å². The maximum atomic E-state index is 11.5. The van der Waals surface area contributed by atoms with E-state index in [1.54, 1.807) is 13.0 Å². The predicted molar refractivity (Wildman–Crippen MR) is 67.7 cm³/mol. The minimum Gasteiger partial charge on any atom is -0.481 e. The van der Waals surface area contributed by atoms with E-state index >= 15 is 0 Å². The Morgan fingerprint density at radius 2 is 2.05 bits per heavy atom. The summed E-state index contributed by atoms with van der Waals surface area (Å²) in [5, 5.41) is 17.0. The second-order valence-electron chi connectivity index (χ2n) is 5.03. The van der Waals surface area contributed by atoms with E-state index in [2.05, 4.69) is 15.8 Å². The van der Waals surface area contributed by atoms with Gasteiger partial charge in [-0.15, -0.1) is 0 Å². The number of carbonyl (C=O) groups excluding carboxylic acids is 2. The van der Waals surface area contributed by atoms with E-state index in [4.69, 9.17) is 9.63 Å². The average molecular weight is 283 g/mol. The highest BCUT2D eigenvalue weighted by Gasteiger charge is 2.30. The molecule has 0 aliphatic rings. The summed E-state index contributed by atoms with van der Waals surface area (Å²) < 4.78 is 4.88. The van der Waals surface area contributed by atoms with Crippen LogP contribution in [0.15, 0.2) is 10.6 Å². The van der Waals surface area contributed by atoms with Gasteiger partial charge in [-0.2, -0.15) is 0 Å². The Bertz CT molecular complexity index is 521. The lowest BCUT2D eigenvalue weighted by molar-refractivity contribution is -0.149. The fourth-order valence-corrected chi connectivity index (χ4v) is 1.36. The van der Waals surface area contributed by atoms with Gasteiger partial charge < -0.3 is 14.9 Å². The Morgan fingerprint density at radius 3 is 2.55 bits per heavy atom. The van der Waals surface area contributed by atoms with Crippen LogP contribution >= 0.6 is 0 Å². The molecule has 1 heterocycles. The molecule has 0 bridgehead atoms. The molecule has 0 saturated heterocycles. The predicted octanol–water partition coefficient (Wildman–Crippen LogP) is 0.810. The highest BCUT2D eigenvalue weighted by molar-refractivity contribution is 5.96. The van der Waals surface area contributed by atoms with Crippen molar-refractivity contribution >= 4 is 17.9 Å². The number of nitrogens with zero attached hydrogens (tertiary/aromatic N) is 1. The molecule has 1 aromatic rings. The van der Waals surface area contributed by atoms with E-state index in [0.29, 0.717) is 11.5 Å². The lowest BCUT2D eigenvalue weighted by Gasteiger charge is -2.17. The molecule has 1 rings (SSSR count). The van der Waals surface area contributed by atoms with Crippen LogP contribution in [0, 0.1) is 12.3 Å². The molecular formula is C12H17N3O5. The zero-order valence-corrected chi connectivity index (χ0v) is 11.5. The van der Waals surface area contributed by atoms with E-state index in [1.807, 2.05) is 0 Å². The van der Waals surface area contributed by atoms with Crippen LogP contribution in [0.5, 0.6) is 0 Å². The maximum absolute atomic E-state index is 11.5. The average Bonchev–Trinajstić information content (AvgIpc) is 2.71. The maximum Gasteiger partial charge on any atom is 0.321 e. The minimum absolute atomic E-state index is 0.0856. The second-order valence-corrected chi connectivity index (χ2v) is 5.03. The number of hydrogen-bond donors (Lipinski definition) is 3. The third-order valence-corrected chi connectivity index (χ3v) is 2.53. The Labute approximate surface area is 115 Å². The normalized spacial score (nSPS) is 10.9. The first-order chi connectivity index (χ1) is 9.20. The van der Waals surface area contributed by atoms with E-state index in [0.717, 1.165) is 0 Å². The number of aliphatic carboxylic acids is 1. The summed E-state index contributed by atoms with van der Waals surface area (Å²) >= 11 is 0. The molecule has 1 aromatic heterocycles. The van der Waals surface area contributed by atoms with Crippen LogP contribution in [0.3, 0.4) is 0 Å². The molecule has 110 valence electrons. The van der Waals surface area contributed by atoms with Gasteiger partial charge in [-0.1, -0.05) is 5.16 Å². The van der Waals surface area contributed by atoms with Gasteiger partial charge in [0.2, 0.25) is 5.91 Å². The number of aromatic nitrogens is 1. The molecule has 0 unspecified atom stereocenters. The molecule has 0 radical (unpaired) electrons.